The van der Waals surface area contributed by atoms with Gasteiger partial charge in [0.05, 0.1) is 4.88 Å². The molecule has 0 radical (unpaired) electrons. The Balaban J connectivity index is 1.56. The lowest BCUT2D eigenvalue weighted by atomic mass is 10.1. The van der Waals surface area contributed by atoms with Gasteiger partial charge in [0.1, 0.15) is 6.04 Å². The van der Waals surface area contributed by atoms with Gasteiger partial charge >= 0.3 is 0 Å². The second kappa shape index (κ2) is 7.00. The molecule has 5 nitrogen and oxygen atoms in total. The van der Waals surface area contributed by atoms with E-state index in [0.29, 0.717) is 6.54 Å². The van der Waals surface area contributed by atoms with Crippen molar-refractivity contribution >= 4 is 33.2 Å². The van der Waals surface area contributed by atoms with Gasteiger partial charge in [-0.1, -0.05) is 18.2 Å². The molecule has 2 aromatic rings. The van der Waals surface area contributed by atoms with E-state index in [1.54, 1.807) is 11.3 Å². The van der Waals surface area contributed by atoms with E-state index in [0.717, 1.165) is 59.5 Å². The van der Waals surface area contributed by atoms with Crippen molar-refractivity contribution in [3.63, 3.8) is 0 Å². The van der Waals surface area contributed by atoms with Crippen LogP contribution in [0.1, 0.15) is 28.1 Å². The van der Waals surface area contributed by atoms with Crippen molar-refractivity contribution in [3.8, 4) is 0 Å². The average Bonchev–Trinajstić information content (AvgIpc) is 3.27. The Hall–Kier alpha value is -1.92. The molecule has 4 rings (SSSR count). The van der Waals surface area contributed by atoms with Crippen LogP contribution in [0.4, 0.5) is 0 Å². The monoisotopic (exact) mass is 371 g/mol. The highest BCUT2D eigenvalue weighted by Gasteiger charge is 2.38. The number of piperazine rings is 1. The van der Waals surface area contributed by atoms with Crippen LogP contribution in [0.2, 0.25) is 0 Å². The van der Waals surface area contributed by atoms with E-state index in [1.165, 1.54) is 0 Å². The maximum Gasteiger partial charge on any atom is 0.264 e. The number of amides is 2. The lowest BCUT2D eigenvalue weighted by Crippen LogP contribution is -2.53. The zero-order chi connectivity index (χ0) is 18.3. The zero-order valence-electron chi connectivity index (χ0n) is 15.4. The Morgan fingerprint density at radius 2 is 1.81 bits per heavy atom. The van der Waals surface area contributed by atoms with Crippen LogP contribution in [0.15, 0.2) is 24.3 Å². The molecule has 2 fully saturated rings. The molecule has 0 N–H and O–H groups in total. The number of hydrogen-bond acceptors (Lipinski definition) is 4. The summed E-state index contributed by atoms with van der Waals surface area (Å²) in [5, 5.41) is 1.14. The molecular weight excluding hydrogens is 346 g/mol. The summed E-state index contributed by atoms with van der Waals surface area (Å²) in [5.74, 6) is 0.149. The summed E-state index contributed by atoms with van der Waals surface area (Å²) in [6.45, 7) is 6.02. The van der Waals surface area contributed by atoms with Crippen LogP contribution in [0.3, 0.4) is 0 Å². The zero-order valence-corrected chi connectivity index (χ0v) is 16.2. The summed E-state index contributed by atoms with van der Waals surface area (Å²) < 4.78 is 1.13. The van der Waals surface area contributed by atoms with Gasteiger partial charge in [0.25, 0.3) is 5.91 Å². The molecule has 1 aromatic carbocycles. The molecule has 2 aliphatic heterocycles. The van der Waals surface area contributed by atoms with Crippen LogP contribution >= 0.6 is 11.3 Å². The standard InChI is InChI=1S/C20H25N3O2S/c1-14-15-6-3-4-8-17(15)26-18(14)20(25)23-9-5-7-16(23)19(24)22-12-10-21(2)11-13-22/h3-4,6,8,16H,5,7,9-13H2,1-2H3/t16-/m1/s1. The molecule has 0 unspecified atom stereocenters. The lowest BCUT2D eigenvalue weighted by molar-refractivity contribution is -0.136. The van der Waals surface area contributed by atoms with Gasteiger partial charge < -0.3 is 14.7 Å². The number of aryl methyl sites for hydroxylation is 1. The molecule has 138 valence electrons. The van der Waals surface area contributed by atoms with Crippen LogP contribution < -0.4 is 0 Å². The minimum Gasteiger partial charge on any atom is -0.338 e. The van der Waals surface area contributed by atoms with Crippen molar-refractivity contribution in [1.82, 2.24) is 14.7 Å². The third kappa shape index (κ3) is 3.01. The topological polar surface area (TPSA) is 43.9 Å². The summed E-state index contributed by atoms with van der Waals surface area (Å²) in [5.41, 5.74) is 1.04. The highest BCUT2D eigenvalue weighted by molar-refractivity contribution is 7.21. The molecule has 0 spiro atoms. The molecule has 3 heterocycles. The smallest absolute Gasteiger partial charge is 0.264 e. The fourth-order valence-electron chi connectivity index (χ4n) is 4.01. The van der Waals surface area contributed by atoms with Crippen LogP contribution in [0.25, 0.3) is 10.1 Å². The van der Waals surface area contributed by atoms with Gasteiger partial charge in [0, 0.05) is 37.4 Å². The van der Waals surface area contributed by atoms with Gasteiger partial charge in [-0.25, -0.2) is 0 Å². The number of thiophene rings is 1. The number of nitrogens with zero attached hydrogens (tertiary/aromatic N) is 3. The number of likely N-dealkylation sites (tertiary alicyclic amines) is 1. The SMILES string of the molecule is Cc1c(C(=O)N2CCC[C@@H]2C(=O)N2CCN(C)CC2)sc2ccccc12. The maximum absolute atomic E-state index is 13.2. The molecule has 1 atom stereocenters. The highest BCUT2D eigenvalue weighted by atomic mass is 32.1. The van der Waals surface area contributed by atoms with Gasteiger partial charge in [-0.15, -0.1) is 11.3 Å². The van der Waals surface area contributed by atoms with Gasteiger partial charge in [-0.05, 0) is 43.8 Å². The van der Waals surface area contributed by atoms with Crippen molar-refractivity contribution < 1.29 is 9.59 Å². The Morgan fingerprint density at radius 1 is 1.08 bits per heavy atom. The van der Waals surface area contributed by atoms with E-state index in [-0.39, 0.29) is 17.9 Å². The van der Waals surface area contributed by atoms with Crippen molar-refractivity contribution in [2.24, 2.45) is 0 Å². The molecule has 2 amide bonds. The first-order valence-corrected chi connectivity index (χ1v) is 10.1. The van der Waals surface area contributed by atoms with Crippen molar-refractivity contribution in [2.45, 2.75) is 25.8 Å². The van der Waals surface area contributed by atoms with E-state index in [9.17, 15) is 9.59 Å². The first-order chi connectivity index (χ1) is 12.6. The van der Waals surface area contributed by atoms with Gasteiger partial charge in [0.2, 0.25) is 5.91 Å². The summed E-state index contributed by atoms with van der Waals surface area (Å²) >= 11 is 1.55. The van der Waals surface area contributed by atoms with Crippen molar-refractivity contribution in [2.75, 3.05) is 39.8 Å². The molecular formula is C20H25N3O2S. The van der Waals surface area contributed by atoms with Gasteiger partial charge in [-0.3, -0.25) is 9.59 Å². The predicted molar refractivity (Wildman–Crippen MR) is 105 cm³/mol. The molecule has 2 saturated heterocycles. The summed E-state index contributed by atoms with van der Waals surface area (Å²) in [6, 6.07) is 7.83. The van der Waals surface area contributed by atoms with Gasteiger partial charge in [-0.2, -0.15) is 0 Å². The quantitative estimate of drug-likeness (QED) is 0.815. The Morgan fingerprint density at radius 3 is 2.54 bits per heavy atom. The fraction of sp³-hybridized carbons (Fsp3) is 0.500. The molecule has 0 aliphatic carbocycles. The van der Waals surface area contributed by atoms with Crippen molar-refractivity contribution in [1.29, 1.82) is 0 Å². The molecule has 0 saturated carbocycles. The minimum atomic E-state index is -0.296. The number of carbonyl (C=O) groups excluding carboxylic acids is 2. The third-order valence-electron chi connectivity index (χ3n) is 5.65. The Kier molecular flexibility index (Phi) is 4.71. The number of carbonyl (C=O) groups is 2. The first-order valence-electron chi connectivity index (χ1n) is 9.32. The molecule has 6 heteroatoms. The Labute approximate surface area is 158 Å². The average molecular weight is 372 g/mol. The van der Waals surface area contributed by atoms with E-state index >= 15 is 0 Å². The molecule has 26 heavy (non-hydrogen) atoms. The second-order valence-electron chi connectivity index (χ2n) is 7.34. The predicted octanol–water partition coefficient (Wildman–Crippen LogP) is 2.59. The van der Waals surface area contributed by atoms with Crippen LogP contribution in [0.5, 0.6) is 0 Å². The first kappa shape index (κ1) is 17.5. The van der Waals surface area contributed by atoms with E-state index in [1.807, 2.05) is 28.9 Å². The van der Waals surface area contributed by atoms with Crippen LogP contribution in [-0.2, 0) is 4.79 Å². The summed E-state index contributed by atoms with van der Waals surface area (Å²) in [6.07, 6.45) is 1.68. The maximum atomic E-state index is 13.2. The lowest BCUT2D eigenvalue weighted by Gasteiger charge is -2.35. The number of benzene rings is 1. The second-order valence-corrected chi connectivity index (χ2v) is 8.39. The molecule has 2 aliphatic rings. The fourth-order valence-corrected chi connectivity index (χ4v) is 5.18. The van der Waals surface area contributed by atoms with Crippen molar-refractivity contribution in [3.05, 3.63) is 34.7 Å². The largest absolute Gasteiger partial charge is 0.338 e. The summed E-state index contributed by atoms with van der Waals surface area (Å²) in [4.78, 5) is 33.0. The van der Waals surface area contributed by atoms with Crippen LogP contribution in [-0.4, -0.2) is 72.3 Å². The number of fused-ring (bicyclic) bond motifs is 1. The molecule has 0 bridgehead atoms. The normalized spacial score (nSPS) is 21.5. The van der Waals surface area contributed by atoms with Gasteiger partial charge in [0.15, 0.2) is 0 Å². The van der Waals surface area contributed by atoms with Crippen LogP contribution in [0, 0.1) is 6.92 Å². The Bertz CT molecular complexity index is 839. The van der Waals surface area contributed by atoms with E-state index < -0.39 is 0 Å². The van der Waals surface area contributed by atoms with E-state index in [4.69, 9.17) is 0 Å². The highest BCUT2D eigenvalue weighted by Crippen LogP contribution is 2.33. The minimum absolute atomic E-state index is 0.0219. The third-order valence-corrected chi connectivity index (χ3v) is 6.91. The number of hydrogen-bond donors (Lipinski definition) is 0. The number of rotatable bonds is 2. The number of likely N-dealkylation sites (N-methyl/N-ethyl adjacent to an activating group) is 1. The summed E-state index contributed by atoms with van der Waals surface area (Å²) in [7, 11) is 2.08. The van der Waals surface area contributed by atoms with E-state index in [2.05, 4.69) is 24.1 Å². The molecule has 1 aromatic heterocycles.